The van der Waals surface area contributed by atoms with Gasteiger partial charge in [-0.2, -0.15) is 0 Å². The number of hydrogen-bond donors (Lipinski definition) is 1. The fraction of sp³-hybridized carbons (Fsp3) is 0.706. The maximum atomic E-state index is 14.1. The van der Waals surface area contributed by atoms with Crippen LogP contribution in [0, 0.1) is 17.7 Å². The molecular weight excluding hydrogens is 251 g/mol. The molecule has 0 spiro atoms. The molecule has 0 bridgehead atoms. The van der Waals surface area contributed by atoms with Crippen molar-refractivity contribution >= 4 is 0 Å². The number of pyridine rings is 1. The summed E-state index contributed by atoms with van der Waals surface area (Å²) in [5.41, 5.74) is 0.614. The molecule has 0 aliphatic heterocycles. The first-order valence-electron chi connectivity index (χ1n) is 8.10. The van der Waals surface area contributed by atoms with Gasteiger partial charge in [-0.05, 0) is 49.8 Å². The lowest BCUT2D eigenvalue weighted by Crippen LogP contribution is -2.33. The van der Waals surface area contributed by atoms with Gasteiger partial charge in [-0.3, -0.25) is 4.98 Å². The van der Waals surface area contributed by atoms with Crippen molar-refractivity contribution in [2.75, 3.05) is 6.54 Å². The summed E-state index contributed by atoms with van der Waals surface area (Å²) in [7, 11) is 0. The highest BCUT2D eigenvalue weighted by atomic mass is 19.1. The van der Waals surface area contributed by atoms with E-state index in [2.05, 4.69) is 24.1 Å². The Morgan fingerprint density at radius 3 is 2.95 bits per heavy atom. The fourth-order valence-corrected chi connectivity index (χ4v) is 3.42. The fourth-order valence-electron chi connectivity index (χ4n) is 3.42. The number of halogens is 1. The van der Waals surface area contributed by atoms with Gasteiger partial charge in [0.25, 0.3) is 0 Å². The summed E-state index contributed by atoms with van der Waals surface area (Å²) in [6, 6.07) is 3.28. The maximum absolute atomic E-state index is 14.1. The Morgan fingerprint density at radius 2 is 2.25 bits per heavy atom. The van der Waals surface area contributed by atoms with Crippen LogP contribution in [0.5, 0.6) is 0 Å². The quantitative estimate of drug-likeness (QED) is 0.830. The van der Waals surface area contributed by atoms with E-state index in [9.17, 15) is 4.39 Å². The van der Waals surface area contributed by atoms with Crippen LogP contribution in [-0.2, 0) is 0 Å². The smallest absolute Gasteiger partial charge is 0.146 e. The van der Waals surface area contributed by atoms with Crippen LogP contribution < -0.4 is 5.32 Å². The Morgan fingerprint density at radius 1 is 1.40 bits per heavy atom. The molecule has 1 aromatic heterocycles. The lowest BCUT2D eigenvalue weighted by Gasteiger charge is -2.34. The van der Waals surface area contributed by atoms with E-state index in [0.717, 1.165) is 18.9 Å². The summed E-state index contributed by atoms with van der Waals surface area (Å²) in [4.78, 5) is 4.32. The molecule has 1 heterocycles. The largest absolute Gasteiger partial charge is 0.308 e. The van der Waals surface area contributed by atoms with Gasteiger partial charge in [-0.15, -0.1) is 0 Å². The first kappa shape index (κ1) is 15.4. The number of hydrogen-bond acceptors (Lipinski definition) is 2. The van der Waals surface area contributed by atoms with Crippen LogP contribution in [-0.4, -0.2) is 11.5 Å². The van der Waals surface area contributed by atoms with E-state index >= 15 is 0 Å². The summed E-state index contributed by atoms with van der Waals surface area (Å²) in [6.45, 7) is 5.34. The Kier molecular flexibility index (Phi) is 5.96. The number of nitrogens with one attached hydrogen (secondary N) is 1. The number of aromatic nitrogens is 1. The van der Waals surface area contributed by atoms with E-state index < -0.39 is 0 Å². The van der Waals surface area contributed by atoms with Crippen LogP contribution in [0.1, 0.15) is 64.1 Å². The first-order chi connectivity index (χ1) is 9.76. The molecule has 1 fully saturated rings. The molecule has 3 unspecified atom stereocenters. The van der Waals surface area contributed by atoms with Gasteiger partial charge < -0.3 is 5.32 Å². The van der Waals surface area contributed by atoms with E-state index in [1.54, 1.807) is 12.3 Å². The minimum Gasteiger partial charge on any atom is -0.308 e. The van der Waals surface area contributed by atoms with Crippen LogP contribution in [0.25, 0.3) is 0 Å². The van der Waals surface area contributed by atoms with Gasteiger partial charge in [0.15, 0.2) is 0 Å². The van der Waals surface area contributed by atoms with Crippen molar-refractivity contribution in [3.63, 3.8) is 0 Å². The Bertz CT molecular complexity index is 408. The van der Waals surface area contributed by atoms with E-state index in [-0.39, 0.29) is 11.9 Å². The average molecular weight is 278 g/mol. The Hall–Kier alpha value is -0.960. The molecule has 112 valence electrons. The summed E-state index contributed by atoms with van der Waals surface area (Å²) in [5, 5.41) is 3.54. The zero-order valence-corrected chi connectivity index (χ0v) is 12.7. The van der Waals surface area contributed by atoms with E-state index in [0.29, 0.717) is 11.6 Å². The van der Waals surface area contributed by atoms with E-state index in [4.69, 9.17) is 0 Å². The molecule has 0 saturated heterocycles. The molecule has 3 heteroatoms. The van der Waals surface area contributed by atoms with Crippen molar-refractivity contribution < 1.29 is 4.39 Å². The first-order valence-corrected chi connectivity index (χ1v) is 8.10. The normalized spacial score (nSPS) is 24.6. The van der Waals surface area contributed by atoms with E-state index in [1.807, 2.05) is 0 Å². The number of rotatable bonds is 6. The monoisotopic (exact) mass is 278 g/mol. The zero-order chi connectivity index (χ0) is 14.4. The minimum absolute atomic E-state index is 0.0745. The van der Waals surface area contributed by atoms with Gasteiger partial charge in [0.2, 0.25) is 0 Å². The van der Waals surface area contributed by atoms with Gasteiger partial charge >= 0.3 is 0 Å². The second kappa shape index (κ2) is 7.72. The number of nitrogens with zero attached hydrogens (tertiary/aromatic N) is 1. The minimum atomic E-state index is -0.167. The molecule has 2 nitrogen and oxygen atoms in total. The molecule has 1 N–H and O–H groups in total. The highest BCUT2D eigenvalue weighted by Gasteiger charge is 2.30. The van der Waals surface area contributed by atoms with Crippen molar-refractivity contribution in [2.45, 2.75) is 58.4 Å². The molecular formula is C17H27FN2. The van der Waals surface area contributed by atoms with Crippen LogP contribution in [0.4, 0.5) is 4.39 Å². The van der Waals surface area contributed by atoms with Crippen molar-refractivity contribution in [1.29, 1.82) is 0 Å². The SMILES string of the molecule is CCCNC(c1ncccc1F)C1CCCC(CC)C1. The summed E-state index contributed by atoms with van der Waals surface area (Å²) >= 11 is 0. The lowest BCUT2D eigenvalue weighted by atomic mass is 9.76. The van der Waals surface area contributed by atoms with Gasteiger partial charge in [0.05, 0.1) is 11.7 Å². The topological polar surface area (TPSA) is 24.9 Å². The second-order valence-corrected chi connectivity index (χ2v) is 6.00. The van der Waals surface area contributed by atoms with Gasteiger partial charge in [-0.25, -0.2) is 4.39 Å². The molecule has 1 aliphatic carbocycles. The van der Waals surface area contributed by atoms with Crippen LogP contribution in [0.2, 0.25) is 0 Å². The Balaban J connectivity index is 2.16. The standard InChI is InChI=1S/C17H27FN2/c1-3-10-19-16(17-15(18)9-6-11-20-17)14-8-5-7-13(4-2)12-14/h6,9,11,13-14,16,19H,3-5,7-8,10,12H2,1-2H3. The van der Waals surface area contributed by atoms with Crippen LogP contribution in [0.3, 0.4) is 0 Å². The lowest BCUT2D eigenvalue weighted by molar-refractivity contribution is 0.204. The van der Waals surface area contributed by atoms with Crippen molar-refractivity contribution in [3.05, 3.63) is 29.8 Å². The molecule has 3 atom stereocenters. The molecule has 20 heavy (non-hydrogen) atoms. The van der Waals surface area contributed by atoms with Crippen LogP contribution >= 0.6 is 0 Å². The highest BCUT2D eigenvalue weighted by Crippen LogP contribution is 2.38. The van der Waals surface area contributed by atoms with Crippen LogP contribution in [0.15, 0.2) is 18.3 Å². The Labute approximate surface area is 122 Å². The summed E-state index contributed by atoms with van der Waals surface area (Å²) < 4.78 is 14.1. The third kappa shape index (κ3) is 3.78. The third-order valence-electron chi connectivity index (χ3n) is 4.57. The van der Waals surface area contributed by atoms with Crippen molar-refractivity contribution in [1.82, 2.24) is 10.3 Å². The average Bonchev–Trinajstić information content (AvgIpc) is 2.49. The predicted octanol–water partition coefficient (Wildman–Crippen LogP) is 4.48. The summed E-state index contributed by atoms with van der Waals surface area (Å²) in [5.74, 6) is 1.15. The zero-order valence-electron chi connectivity index (χ0n) is 12.7. The van der Waals surface area contributed by atoms with Gasteiger partial charge in [0.1, 0.15) is 5.82 Å². The van der Waals surface area contributed by atoms with Gasteiger partial charge in [0, 0.05) is 6.20 Å². The molecule has 0 radical (unpaired) electrons. The molecule has 0 amide bonds. The second-order valence-electron chi connectivity index (χ2n) is 6.00. The molecule has 1 saturated carbocycles. The van der Waals surface area contributed by atoms with E-state index in [1.165, 1.54) is 38.2 Å². The highest BCUT2D eigenvalue weighted by molar-refractivity contribution is 5.13. The predicted molar refractivity (Wildman–Crippen MR) is 81.0 cm³/mol. The molecule has 0 aromatic carbocycles. The molecule has 2 rings (SSSR count). The van der Waals surface area contributed by atoms with Crippen molar-refractivity contribution in [3.8, 4) is 0 Å². The van der Waals surface area contributed by atoms with Crippen molar-refractivity contribution in [2.24, 2.45) is 11.8 Å². The molecule has 1 aromatic rings. The molecule has 1 aliphatic rings. The summed E-state index contributed by atoms with van der Waals surface area (Å²) in [6.07, 6.45) is 9.00. The maximum Gasteiger partial charge on any atom is 0.146 e. The van der Waals surface area contributed by atoms with Gasteiger partial charge in [-0.1, -0.05) is 33.1 Å². The third-order valence-corrected chi connectivity index (χ3v) is 4.57.